The van der Waals surface area contributed by atoms with E-state index in [2.05, 4.69) is 19.3 Å². The van der Waals surface area contributed by atoms with E-state index in [4.69, 9.17) is 0 Å². The highest BCUT2D eigenvalue weighted by molar-refractivity contribution is 7.13. The van der Waals surface area contributed by atoms with Gasteiger partial charge in [-0.25, -0.2) is 4.98 Å². The molecule has 6 heteroatoms. The maximum atomic E-state index is 14.8. The molecule has 0 aliphatic heterocycles. The summed E-state index contributed by atoms with van der Waals surface area (Å²) in [5.41, 5.74) is 5.57. The van der Waals surface area contributed by atoms with Crippen molar-refractivity contribution in [1.29, 1.82) is 0 Å². The highest BCUT2D eigenvalue weighted by Crippen LogP contribution is 2.47. The van der Waals surface area contributed by atoms with Crippen LogP contribution < -0.4 is 0 Å². The van der Waals surface area contributed by atoms with E-state index in [1.54, 1.807) is 6.20 Å². The summed E-state index contributed by atoms with van der Waals surface area (Å²) in [5, 5.41) is 0.947. The summed E-state index contributed by atoms with van der Waals surface area (Å²) in [7, 11) is 0. The zero-order valence-corrected chi connectivity index (χ0v) is 14.7. The molecule has 0 radical (unpaired) electrons. The van der Waals surface area contributed by atoms with Crippen LogP contribution in [0, 0.1) is 19.8 Å². The van der Waals surface area contributed by atoms with Crippen molar-refractivity contribution in [3.63, 3.8) is 0 Å². The fourth-order valence-electron chi connectivity index (χ4n) is 3.47. The van der Waals surface area contributed by atoms with Crippen LogP contribution in [0.25, 0.3) is 32.4 Å². The predicted molar refractivity (Wildman–Crippen MR) is 97.4 cm³/mol. The molecule has 1 aliphatic carbocycles. The van der Waals surface area contributed by atoms with Gasteiger partial charge in [0.15, 0.2) is 5.65 Å². The maximum Gasteiger partial charge on any atom is 0.222 e. The number of hydrogen-bond donors (Lipinski definition) is 0. The summed E-state index contributed by atoms with van der Waals surface area (Å²) in [4.78, 5) is 13.1. The molecule has 0 atom stereocenters. The van der Waals surface area contributed by atoms with Gasteiger partial charge in [0.05, 0.1) is 10.9 Å². The molecule has 25 heavy (non-hydrogen) atoms. The molecule has 1 saturated carbocycles. The zero-order chi connectivity index (χ0) is 17.1. The SMILES string of the molecule is Cc1cc(-c2cc3c(C4CC4)c4sncc4nc3nc2F)cc(C)n1. The first kappa shape index (κ1) is 14.8. The fraction of sp³-hybridized carbons (Fsp3) is 0.263. The Bertz CT molecular complexity index is 1130. The van der Waals surface area contributed by atoms with Crippen molar-refractivity contribution in [2.24, 2.45) is 0 Å². The molecule has 124 valence electrons. The number of rotatable bonds is 2. The van der Waals surface area contributed by atoms with Gasteiger partial charge in [-0.2, -0.15) is 13.7 Å². The molecule has 0 aromatic carbocycles. The second kappa shape index (κ2) is 5.26. The second-order valence-corrected chi connectivity index (χ2v) is 7.48. The molecule has 5 rings (SSSR count). The minimum absolute atomic E-state index is 0.471. The standard InChI is InChI=1S/C19H15FN4S/c1-9-5-12(6-10(2)22-9)13-7-14-16(11-3-4-11)17-15(8-21-25-17)23-19(14)24-18(13)20/h5-8,11H,3-4H2,1-2H3. The van der Waals surface area contributed by atoms with Crippen LogP contribution in [0.5, 0.6) is 0 Å². The summed E-state index contributed by atoms with van der Waals surface area (Å²) < 4.78 is 20.1. The van der Waals surface area contributed by atoms with Gasteiger partial charge in [0.1, 0.15) is 5.52 Å². The minimum atomic E-state index is -0.491. The van der Waals surface area contributed by atoms with Crippen LogP contribution in [-0.2, 0) is 0 Å². The molecule has 4 aromatic heterocycles. The van der Waals surface area contributed by atoms with Crippen LogP contribution in [-0.4, -0.2) is 19.3 Å². The highest BCUT2D eigenvalue weighted by atomic mass is 32.1. The molecule has 1 fully saturated rings. The van der Waals surface area contributed by atoms with E-state index in [0.717, 1.165) is 45.4 Å². The van der Waals surface area contributed by atoms with Gasteiger partial charge in [0, 0.05) is 22.3 Å². The number of fused-ring (bicyclic) bond motifs is 2. The number of hydrogen-bond acceptors (Lipinski definition) is 5. The van der Waals surface area contributed by atoms with Crippen molar-refractivity contribution < 1.29 is 4.39 Å². The molecule has 0 bridgehead atoms. The van der Waals surface area contributed by atoms with Gasteiger partial charge >= 0.3 is 0 Å². The molecule has 0 saturated heterocycles. The highest BCUT2D eigenvalue weighted by Gasteiger charge is 2.29. The smallest absolute Gasteiger partial charge is 0.222 e. The number of aryl methyl sites for hydroxylation is 2. The van der Waals surface area contributed by atoms with E-state index < -0.39 is 5.95 Å². The largest absolute Gasteiger partial charge is 0.258 e. The molecular formula is C19H15FN4S. The molecule has 0 N–H and O–H groups in total. The molecule has 0 unspecified atom stereocenters. The fourth-order valence-corrected chi connectivity index (χ4v) is 4.30. The quantitative estimate of drug-likeness (QED) is 0.481. The van der Waals surface area contributed by atoms with Crippen LogP contribution in [0.4, 0.5) is 4.39 Å². The van der Waals surface area contributed by atoms with Gasteiger partial charge in [-0.3, -0.25) is 4.98 Å². The van der Waals surface area contributed by atoms with E-state index >= 15 is 0 Å². The summed E-state index contributed by atoms with van der Waals surface area (Å²) in [6.07, 6.45) is 4.06. The molecule has 4 aromatic rings. The Morgan fingerprint density at radius 3 is 2.52 bits per heavy atom. The van der Waals surface area contributed by atoms with E-state index in [-0.39, 0.29) is 0 Å². The Morgan fingerprint density at radius 1 is 1.04 bits per heavy atom. The van der Waals surface area contributed by atoms with Crippen molar-refractivity contribution in [3.05, 3.63) is 47.3 Å². The molecule has 1 aliphatic rings. The predicted octanol–water partition coefficient (Wildman–Crippen LogP) is 4.93. The zero-order valence-electron chi connectivity index (χ0n) is 13.9. The monoisotopic (exact) mass is 350 g/mol. The van der Waals surface area contributed by atoms with Gasteiger partial charge in [0.2, 0.25) is 5.95 Å². The van der Waals surface area contributed by atoms with Crippen molar-refractivity contribution in [1.82, 2.24) is 19.3 Å². The Kier molecular flexibility index (Phi) is 3.12. The lowest BCUT2D eigenvalue weighted by Gasteiger charge is -2.10. The van der Waals surface area contributed by atoms with Gasteiger partial charge in [-0.1, -0.05) is 0 Å². The summed E-state index contributed by atoms with van der Waals surface area (Å²) in [5.74, 6) is 0.0174. The normalized spacial score (nSPS) is 14.5. The molecule has 4 heterocycles. The van der Waals surface area contributed by atoms with E-state index in [9.17, 15) is 4.39 Å². The van der Waals surface area contributed by atoms with Crippen molar-refractivity contribution in [2.45, 2.75) is 32.6 Å². The lowest BCUT2D eigenvalue weighted by Crippen LogP contribution is -1.97. The Labute approximate surface area is 147 Å². The average Bonchev–Trinajstić information content (AvgIpc) is 3.28. The number of nitrogens with zero attached hydrogens (tertiary/aromatic N) is 4. The van der Waals surface area contributed by atoms with Gasteiger partial charge in [-0.05, 0) is 73.5 Å². The van der Waals surface area contributed by atoms with E-state index in [1.807, 2.05) is 32.0 Å². The maximum absolute atomic E-state index is 14.8. The Balaban J connectivity index is 1.85. The van der Waals surface area contributed by atoms with E-state index in [1.165, 1.54) is 17.1 Å². The lowest BCUT2D eigenvalue weighted by molar-refractivity contribution is 0.592. The Hall–Kier alpha value is -2.47. The third-order valence-corrected chi connectivity index (χ3v) is 5.47. The molecular weight excluding hydrogens is 335 g/mol. The van der Waals surface area contributed by atoms with Gasteiger partial charge < -0.3 is 0 Å². The van der Waals surface area contributed by atoms with Crippen LogP contribution in [0.2, 0.25) is 0 Å². The van der Waals surface area contributed by atoms with Crippen LogP contribution in [0.3, 0.4) is 0 Å². The first-order valence-corrected chi connectivity index (χ1v) is 9.07. The number of halogens is 1. The van der Waals surface area contributed by atoms with Crippen LogP contribution >= 0.6 is 11.5 Å². The summed E-state index contributed by atoms with van der Waals surface area (Å²) in [6, 6.07) is 5.70. The summed E-state index contributed by atoms with van der Waals surface area (Å²) in [6.45, 7) is 3.84. The van der Waals surface area contributed by atoms with E-state index in [0.29, 0.717) is 17.1 Å². The first-order chi connectivity index (χ1) is 12.1. The second-order valence-electron chi connectivity index (χ2n) is 6.68. The lowest BCUT2D eigenvalue weighted by atomic mass is 10.0. The van der Waals surface area contributed by atoms with Crippen molar-refractivity contribution in [3.8, 4) is 11.1 Å². The molecule has 0 spiro atoms. The third-order valence-electron chi connectivity index (χ3n) is 4.65. The van der Waals surface area contributed by atoms with Crippen molar-refractivity contribution >= 4 is 32.8 Å². The molecule has 0 amide bonds. The topological polar surface area (TPSA) is 51.6 Å². The minimum Gasteiger partial charge on any atom is -0.258 e. The average molecular weight is 350 g/mol. The first-order valence-electron chi connectivity index (χ1n) is 8.30. The van der Waals surface area contributed by atoms with Crippen LogP contribution in [0.15, 0.2) is 24.4 Å². The summed E-state index contributed by atoms with van der Waals surface area (Å²) >= 11 is 1.46. The third kappa shape index (κ3) is 2.40. The molecule has 4 nitrogen and oxygen atoms in total. The number of pyridine rings is 3. The van der Waals surface area contributed by atoms with Crippen LogP contribution in [0.1, 0.15) is 35.7 Å². The van der Waals surface area contributed by atoms with Gasteiger partial charge in [0.25, 0.3) is 0 Å². The van der Waals surface area contributed by atoms with Gasteiger partial charge in [-0.15, -0.1) is 0 Å². The Morgan fingerprint density at radius 2 is 1.80 bits per heavy atom. The van der Waals surface area contributed by atoms with Crippen molar-refractivity contribution in [2.75, 3.05) is 0 Å². The number of aromatic nitrogens is 4.